The van der Waals surface area contributed by atoms with Crippen molar-refractivity contribution in [1.82, 2.24) is 0 Å². The lowest BCUT2D eigenvalue weighted by Gasteiger charge is -2.19. The van der Waals surface area contributed by atoms with E-state index in [-0.39, 0.29) is 18.2 Å². The average molecular weight is 398 g/mol. The van der Waals surface area contributed by atoms with Crippen molar-refractivity contribution in [1.29, 1.82) is 0 Å². The van der Waals surface area contributed by atoms with E-state index in [9.17, 15) is 9.59 Å². The van der Waals surface area contributed by atoms with E-state index in [1.165, 1.54) is 0 Å². The fourth-order valence-electron chi connectivity index (χ4n) is 3.34. The molecule has 2 aromatic carbocycles. The summed E-state index contributed by atoms with van der Waals surface area (Å²) in [7, 11) is 1.56. The summed E-state index contributed by atoms with van der Waals surface area (Å²) < 4.78 is 16.5. The number of ether oxygens (including phenoxy) is 3. The molecule has 0 radical (unpaired) electrons. The molecule has 3 rings (SSSR count). The number of hydrogen-bond acceptors (Lipinski definition) is 5. The third-order valence-corrected chi connectivity index (χ3v) is 4.68. The molecule has 2 amide bonds. The second-order valence-corrected chi connectivity index (χ2v) is 6.59. The minimum absolute atomic E-state index is 0.101. The van der Waals surface area contributed by atoms with Crippen LogP contribution in [-0.4, -0.2) is 38.7 Å². The van der Waals surface area contributed by atoms with E-state index in [0.29, 0.717) is 48.4 Å². The maximum Gasteiger partial charge on any atom is 0.229 e. The Balaban J connectivity index is 1.72. The van der Waals surface area contributed by atoms with Gasteiger partial charge in [0.25, 0.3) is 0 Å². The Hall–Kier alpha value is -3.22. The third-order valence-electron chi connectivity index (χ3n) is 4.68. The largest absolute Gasteiger partial charge is 0.495 e. The van der Waals surface area contributed by atoms with E-state index in [1.54, 1.807) is 36.3 Å². The molecule has 1 N–H and O–H groups in total. The van der Waals surface area contributed by atoms with E-state index < -0.39 is 5.92 Å². The van der Waals surface area contributed by atoms with E-state index in [4.69, 9.17) is 14.2 Å². The second-order valence-electron chi connectivity index (χ2n) is 6.59. The van der Waals surface area contributed by atoms with Crippen molar-refractivity contribution in [2.75, 3.05) is 37.1 Å². The number of methoxy groups -OCH3 is 1. The van der Waals surface area contributed by atoms with Crippen LogP contribution < -0.4 is 24.4 Å². The van der Waals surface area contributed by atoms with Crippen LogP contribution in [0.25, 0.3) is 0 Å². The van der Waals surface area contributed by atoms with Crippen LogP contribution in [0.3, 0.4) is 0 Å². The molecule has 29 heavy (non-hydrogen) atoms. The minimum Gasteiger partial charge on any atom is -0.495 e. The Morgan fingerprint density at radius 2 is 1.79 bits per heavy atom. The van der Waals surface area contributed by atoms with Gasteiger partial charge in [0.1, 0.15) is 5.75 Å². The van der Waals surface area contributed by atoms with Gasteiger partial charge in [-0.1, -0.05) is 12.1 Å². The number of nitrogens with one attached hydrogen (secondary N) is 1. The molecule has 0 aromatic heterocycles. The summed E-state index contributed by atoms with van der Waals surface area (Å²) in [6.45, 7) is 5.10. The molecule has 0 aliphatic carbocycles. The highest BCUT2D eigenvalue weighted by molar-refractivity contribution is 6.04. The summed E-state index contributed by atoms with van der Waals surface area (Å²) in [5, 5.41) is 2.89. The van der Waals surface area contributed by atoms with Gasteiger partial charge >= 0.3 is 0 Å². The molecule has 2 aromatic rings. The molecule has 154 valence electrons. The highest BCUT2D eigenvalue weighted by Gasteiger charge is 2.36. The number of anilines is 2. The molecule has 1 atom stereocenters. The minimum atomic E-state index is -0.450. The molecule has 0 spiro atoms. The number of hydrogen-bond donors (Lipinski definition) is 1. The van der Waals surface area contributed by atoms with Crippen molar-refractivity contribution >= 4 is 23.2 Å². The first kappa shape index (κ1) is 20.5. The van der Waals surface area contributed by atoms with Crippen LogP contribution in [0.4, 0.5) is 11.4 Å². The molecule has 0 unspecified atom stereocenters. The molecule has 7 heteroatoms. The molecule has 1 aliphatic heterocycles. The predicted octanol–water partition coefficient (Wildman–Crippen LogP) is 3.48. The molecule has 0 saturated carbocycles. The number of nitrogens with zero attached hydrogens (tertiary/aromatic N) is 1. The van der Waals surface area contributed by atoms with Crippen molar-refractivity contribution in [3.63, 3.8) is 0 Å². The monoisotopic (exact) mass is 398 g/mol. The molecule has 0 bridgehead atoms. The first-order valence-corrected chi connectivity index (χ1v) is 9.71. The van der Waals surface area contributed by atoms with Gasteiger partial charge in [0.2, 0.25) is 11.8 Å². The van der Waals surface area contributed by atoms with Gasteiger partial charge in [0.05, 0.1) is 31.9 Å². The van der Waals surface area contributed by atoms with Crippen molar-refractivity contribution in [3.05, 3.63) is 42.5 Å². The predicted molar refractivity (Wildman–Crippen MR) is 111 cm³/mol. The van der Waals surface area contributed by atoms with Gasteiger partial charge in [-0.05, 0) is 38.1 Å². The van der Waals surface area contributed by atoms with Gasteiger partial charge in [-0.2, -0.15) is 0 Å². The van der Waals surface area contributed by atoms with Crippen LogP contribution >= 0.6 is 0 Å². The van der Waals surface area contributed by atoms with E-state index in [2.05, 4.69) is 5.32 Å². The number of carbonyl (C=O) groups is 2. The Bertz CT molecular complexity index is 883. The topological polar surface area (TPSA) is 77.1 Å². The van der Waals surface area contributed by atoms with E-state index in [1.807, 2.05) is 32.0 Å². The van der Waals surface area contributed by atoms with E-state index in [0.717, 1.165) is 0 Å². The van der Waals surface area contributed by atoms with Gasteiger partial charge in [0, 0.05) is 24.7 Å². The smallest absolute Gasteiger partial charge is 0.229 e. The van der Waals surface area contributed by atoms with Gasteiger partial charge in [-0.3, -0.25) is 9.59 Å². The zero-order valence-electron chi connectivity index (χ0n) is 16.9. The van der Waals surface area contributed by atoms with Crippen molar-refractivity contribution in [2.45, 2.75) is 20.3 Å². The number of amides is 2. The molecule has 1 saturated heterocycles. The summed E-state index contributed by atoms with van der Waals surface area (Å²) in [6.07, 6.45) is 0.152. The highest BCUT2D eigenvalue weighted by Crippen LogP contribution is 2.34. The summed E-state index contributed by atoms with van der Waals surface area (Å²) in [6, 6.07) is 12.6. The van der Waals surface area contributed by atoms with Crippen LogP contribution in [0.5, 0.6) is 17.2 Å². The van der Waals surface area contributed by atoms with Crippen molar-refractivity contribution in [3.8, 4) is 17.2 Å². The molecule has 1 fully saturated rings. The molecular weight excluding hydrogens is 372 g/mol. The maximum absolute atomic E-state index is 12.8. The van der Waals surface area contributed by atoms with Crippen LogP contribution in [0.15, 0.2) is 42.5 Å². The Labute approximate surface area is 170 Å². The SMILES string of the molecule is CCOc1ccc(NC(=O)[C@H]2CC(=O)N(c3ccccc3OC)C2)cc1OCC. The Morgan fingerprint density at radius 1 is 1.07 bits per heavy atom. The number of carbonyl (C=O) groups excluding carboxylic acids is 2. The normalized spacial score (nSPS) is 15.9. The number of para-hydroxylation sites is 2. The zero-order chi connectivity index (χ0) is 20.8. The highest BCUT2D eigenvalue weighted by atomic mass is 16.5. The molecule has 1 heterocycles. The quantitative estimate of drug-likeness (QED) is 0.737. The molecule has 7 nitrogen and oxygen atoms in total. The van der Waals surface area contributed by atoms with Crippen LogP contribution in [0.2, 0.25) is 0 Å². The zero-order valence-corrected chi connectivity index (χ0v) is 16.9. The van der Waals surface area contributed by atoms with Gasteiger partial charge in [0.15, 0.2) is 11.5 Å². The maximum atomic E-state index is 12.8. The number of benzene rings is 2. The second kappa shape index (κ2) is 9.32. The fourth-order valence-corrected chi connectivity index (χ4v) is 3.34. The average Bonchev–Trinajstić information content (AvgIpc) is 3.12. The lowest BCUT2D eigenvalue weighted by molar-refractivity contribution is -0.122. The van der Waals surface area contributed by atoms with Crippen molar-refractivity contribution in [2.24, 2.45) is 5.92 Å². The first-order valence-electron chi connectivity index (χ1n) is 9.71. The Kier molecular flexibility index (Phi) is 6.59. The summed E-state index contributed by atoms with van der Waals surface area (Å²) in [4.78, 5) is 26.9. The third kappa shape index (κ3) is 4.62. The van der Waals surface area contributed by atoms with Gasteiger partial charge in [-0.15, -0.1) is 0 Å². The van der Waals surface area contributed by atoms with E-state index >= 15 is 0 Å². The van der Waals surface area contributed by atoms with Crippen LogP contribution in [-0.2, 0) is 9.59 Å². The standard InChI is InChI=1S/C22H26N2O5/c1-4-28-19-11-10-16(13-20(19)29-5-2)23-22(26)15-12-21(25)24(14-15)17-8-6-7-9-18(17)27-3/h6-11,13,15H,4-5,12,14H2,1-3H3,(H,23,26)/t15-/m0/s1. The van der Waals surface area contributed by atoms with Gasteiger partial charge in [-0.25, -0.2) is 0 Å². The Morgan fingerprint density at radius 3 is 2.52 bits per heavy atom. The summed E-state index contributed by atoms with van der Waals surface area (Å²) in [5.74, 6) is 1.05. The summed E-state index contributed by atoms with van der Waals surface area (Å²) in [5.41, 5.74) is 1.28. The first-order chi connectivity index (χ1) is 14.1. The molecular formula is C22H26N2O5. The van der Waals surface area contributed by atoms with Crippen LogP contribution in [0, 0.1) is 5.92 Å². The number of rotatable bonds is 8. The lowest BCUT2D eigenvalue weighted by Crippen LogP contribution is -2.28. The van der Waals surface area contributed by atoms with Gasteiger partial charge < -0.3 is 24.4 Å². The fraction of sp³-hybridized carbons (Fsp3) is 0.364. The summed E-state index contributed by atoms with van der Waals surface area (Å²) >= 11 is 0. The molecule has 1 aliphatic rings. The van der Waals surface area contributed by atoms with Crippen LogP contribution in [0.1, 0.15) is 20.3 Å². The lowest BCUT2D eigenvalue weighted by atomic mass is 10.1. The van der Waals surface area contributed by atoms with Crippen molar-refractivity contribution < 1.29 is 23.8 Å².